The van der Waals surface area contributed by atoms with E-state index in [9.17, 15) is 18.3 Å². The first-order valence-electron chi connectivity index (χ1n) is 11.1. The largest absolute Gasteiger partial charge is 0.392 e. The van der Waals surface area contributed by atoms with Crippen molar-refractivity contribution in [2.75, 3.05) is 24.5 Å². The second-order valence-corrected chi connectivity index (χ2v) is 10.1. The van der Waals surface area contributed by atoms with Gasteiger partial charge in [-0.25, -0.2) is 8.42 Å². The van der Waals surface area contributed by atoms with Gasteiger partial charge in [0.25, 0.3) is 15.9 Å². The molecule has 10 heteroatoms. The Balaban J connectivity index is 1.54. The van der Waals surface area contributed by atoms with Crippen LogP contribution in [0.4, 0.5) is 5.69 Å². The number of amides is 1. The maximum Gasteiger partial charge on any atom is 0.267 e. The lowest BCUT2D eigenvalue weighted by molar-refractivity contribution is -0.154. The van der Waals surface area contributed by atoms with Crippen LogP contribution in [0.25, 0.3) is 5.57 Å². The van der Waals surface area contributed by atoms with E-state index in [1.54, 1.807) is 42.5 Å². The summed E-state index contributed by atoms with van der Waals surface area (Å²) in [6.45, 7) is 0.327. The molecule has 3 N–H and O–H groups in total. The molecule has 2 aliphatic rings. The Bertz CT molecular complexity index is 1290. The number of sulfonamides is 1. The van der Waals surface area contributed by atoms with Crippen LogP contribution in [-0.4, -0.2) is 45.5 Å². The molecule has 4 rings (SSSR count). The standard InChI is InChI=1S/C25H25ClN2O6S/c26-19-9-6-18(7-10-19)15-27-25(30)24-21(16-29)20-14-17(8-11-22(20)28-35(24,31)32)4-3-13-34-23-5-1-2-12-33-23/h6-11,14,23,28-29H,1-2,5,12-13,15-16H2,(H,27,30). The summed E-state index contributed by atoms with van der Waals surface area (Å²) in [7, 11) is -4.19. The van der Waals surface area contributed by atoms with Gasteiger partial charge in [0.1, 0.15) is 6.61 Å². The van der Waals surface area contributed by atoms with Gasteiger partial charge in [-0.05, 0) is 55.2 Å². The molecule has 1 saturated heterocycles. The Labute approximate surface area is 209 Å². The van der Waals surface area contributed by atoms with Crippen molar-refractivity contribution >= 4 is 38.8 Å². The van der Waals surface area contributed by atoms with Crippen LogP contribution >= 0.6 is 11.6 Å². The number of ether oxygens (including phenoxy) is 2. The molecule has 0 bridgehead atoms. The maximum absolute atomic E-state index is 12.9. The molecule has 2 aromatic rings. The number of halogens is 1. The van der Waals surface area contributed by atoms with Crippen molar-refractivity contribution < 1.29 is 27.8 Å². The summed E-state index contributed by atoms with van der Waals surface area (Å²) in [5.74, 6) is 5.07. The van der Waals surface area contributed by atoms with E-state index < -0.39 is 27.4 Å². The van der Waals surface area contributed by atoms with Crippen molar-refractivity contribution in [2.24, 2.45) is 0 Å². The second kappa shape index (κ2) is 11.2. The smallest absolute Gasteiger partial charge is 0.267 e. The molecular weight excluding hydrogens is 492 g/mol. The highest BCUT2D eigenvalue weighted by atomic mass is 35.5. The van der Waals surface area contributed by atoms with Crippen LogP contribution in [-0.2, 0) is 30.8 Å². The molecule has 1 amide bonds. The molecule has 0 aliphatic carbocycles. The lowest BCUT2D eigenvalue weighted by Gasteiger charge is -2.23. The van der Waals surface area contributed by atoms with Crippen LogP contribution in [0.1, 0.15) is 36.0 Å². The van der Waals surface area contributed by atoms with E-state index in [1.807, 2.05) is 0 Å². The molecule has 35 heavy (non-hydrogen) atoms. The third-order valence-electron chi connectivity index (χ3n) is 5.57. The molecule has 0 aromatic heterocycles. The predicted molar refractivity (Wildman–Crippen MR) is 133 cm³/mol. The number of benzene rings is 2. The molecule has 184 valence electrons. The average Bonchev–Trinajstić information content (AvgIpc) is 2.85. The van der Waals surface area contributed by atoms with Gasteiger partial charge in [-0.15, -0.1) is 0 Å². The molecular formula is C25H25ClN2O6S. The molecule has 2 aromatic carbocycles. The zero-order valence-electron chi connectivity index (χ0n) is 18.8. The van der Waals surface area contributed by atoms with Gasteiger partial charge in [0.05, 0.1) is 12.3 Å². The van der Waals surface area contributed by atoms with E-state index in [0.29, 0.717) is 22.8 Å². The number of carbonyl (C=O) groups is 1. The highest BCUT2D eigenvalue weighted by Crippen LogP contribution is 2.35. The van der Waals surface area contributed by atoms with E-state index in [1.165, 1.54) is 0 Å². The Hall–Kier alpha value is -2.87. The molecule has 2 aliphatic heterocycles. The molecule has 1 unspecified atom stereocenters. The summed E-state index contributed by atoms with van der Waals surface area (Å²) < 4.78 is 39.2. The van der Waals surface area contributed by atoms with E-state index in [2.05, 4.69) is 21.9 Å². The predicted octanol–water partition coefficient (Wildman–Crippen LogP) is 3.01. The van der Waals surface area contributed by atoms with Crippen LogP contribution in [0, 0.1) is 11.8 Å². The third-order valence-corrected chi connectivity index (χ3v) is 7.28. The van der Waals surface area contributed by atoms with Crippen LogP contribution in [0.3, 0.4) is 0 Å². The van der Waals surface area contributed by atoms with Crippen LogP contribution in [0.15, 0.2) is 47.4 Å². The minimum atomic E-state index is -4.19. The Kier molecular flexibility index (Phi) is 8.11. The van der Waals surface area contributed by atoms with Gasteiger partial charge in [0.2, 0.25) is 0 Å². The maximum atomic E-state index is 12.9. The Morgan fingerprint density at radius 2 is 2.03 bits per heavy atom. The van der Waals surface area contributed by atoms with E-state index in [4.69, 9.17) is 21.1 Å². The minimum Gasteiger partial charge on any atom is -0.392 e. The zero-order chi connectivity index (χ0) is 24.8. The first-order chi connectivity index (χ1) is 16.9. The number of nitrogens with one attached hydrogen (secondary N) is 2. The number of rotatable bonds is 6. The van der Waals surface area contributed by atoms with E-state index >= 15 is 0 Å². The van der Waals surface area contributed by atoms with Crippen LogP contribution in [0.2, 0.25) is 5.02 Å². The fraction of sp³-hybridized carbons (Fsp3) is 0.320. The lowest BCUT2D eigenvalue weighted by atomic mass is 10.0. The molecule has 0 radical (unpaired) electrons. The third kappa shape index (κ3) is 6.23. The number of hydrogen-bond acceptors (Lipinski definition) is 6. The van der Waals surface area contributed by atoms with Gasteiger partial charge in [-0.1, -0.05) is 35.6 Å². The van der Waals surface area contributed by atoms with Gasteiger partial charge in [-0.2, -0.15) is 0 Å². The van der Waals surface area contributed by atoms with Crippen molar-refractivity contribution in [1.82, 2.24) is 5.32 Å². The average molecular weight is 517 g/mol. The number of anilines is 1. The summed E-state index contributed by atoms with van der Waals surface area (Å²) in [4.78, 5) is 12.4. The number of carbonyl (C=O) groups excluding carboxylic acids is 1. The van der Waals surface area contributed by atoms with Crippen molar-refractivity contribution in [3.05, 3.63) is 69.1 Å². The quantitative estimate of drug-likeness (QED) is 0.509. The monoisotopic (exact) mass is 516 g/mol. The summed E-state index contributed by atoms with van der Waals surface area (Å²) in [6, 6.07) is 11.6. The van der Waals surface area contributed by atoms with Gasteiger partial charge < -0.3 is 19.9 Å². The van der Waals surface area contributed by atoms with Gasteiger partial charge in [-0.3, -0.25) is 9.52 Å². The SMILES string of the molecule is O=C(NCc1ccc(Cl)cc1)C1=C(CO)c2cc(C#CCOC3CCCCO3)ccc2NS1(=O)=O. The normalized spacial score (nSPS) is 18.6. The van der Waals surface area contributed by atoms with E-state index in [-0.39, 0.29) is 30.7 Å². The highest BCUT2D eigenvalue weighted by molar-refractivity contribution is 7.97. The van der Waals surface area contributed by atoms with Crippen molar-refractivity contribution in [1.29, 1.82) is 0 Å². The molecule has 0 spiro atoms. The van der Waals surface area contributed by atoms with Gasteiger partial charge in [0, 0.05) is 34.9 Å². The van der Waals surface area contributed by atoms with Crippen molar-refractivity contribution in [3.63, 3.8) is 0 Å². The van der Waals surface area contributed by atoms with Crippen molar-refractivity contribution in [2.45, 2.75) is 32.1 Å². The van der Waals surface area contributed by atoms with Gasteiger partial charge >= 0.3 is 0 Å². The number of fused-ring (bicyclic) bond motifs is 1. The molecule has 0 saturated carbocycles. The molecule has 8 nitrogen and oxygen atoms in total. The fourth-order valence-corrected chi connectivity index (χ4v) is 5.35. The zero-order valence-corrected chi connectivity index (χ0v) is 20.4. The topological polar surface area (TPSA) is 114 Å². The van der Waals surface area contributed by atoms with E-state index in [0.717, 1.165) is 24.8 Å². The Morgan fingerprint density at radius 3 is 2.74 bits per heavy atom. The summed E-state index contributed by atoms with van der Waals surface area (Å²) in [5, 5.41) is 13.2. The summed E-state index contributed by atoms with van der Waals surface area (Å²) in [5.41, 5.74) is 1.99. The minimum absolute atomic E-state index is 0.00265. The van der Waals surface area contributed by atoms with Crippen molar-refractivity contribution in [3.8, 4) is 11.8 Å². The molecule has 2 heterocycles. The molecule has 1 atom stereocenters. The number of aliphatic hydroxyl groups excluding tert-OH is 1. The Morgan fingerprint density at radius 1 is 1.23 bits per heavy atom. The summed E-state index contributed by atoms with van der Waals surface area (Å²) >= 11 is 5.88. The number of aliphatic hydroxyl groups is 1. The van der Waals surface area contributed by atoms with Crippen LogP contribution in [0.5, 0.6) is 0 Å². The van der Waals surface area contributed by atoms with Crippen LogP contribution < -0.4 is 10.0 Å². The fourth-order valence-electron chi connectivity index (χ4n) is 3.84. The first-order valence-corrected chi connectivity index (χ1v) is 13.0. The number of hydrogen-bond donors (Lipinski definition) is 3. The lowest BCUT2D eigenvalue weighted by Crippen LogP contribution is -2.34. The molecule has 1 fully saturated rings. The van der Waals surface area contributed by atoms with Gasteiger partial charge in [0.15, 0.2) is 11.2 Å². The first kappa shape index (κ1) is 25.2. The summed E-state index contributed by atoms with van der Waals surface area (Å²) in [6.07, 6.45) is 2.69. The second-order valence-electron chi connectivity index (χ2n) is 8.05. The highest BCUT2D eigenvalue weighted by Gasteiger charge is 2.34.